The van der Waals surface area contributed by atoms with Crippen LogP contribution in [0.2, 0.25) is 0 Å². The molecule has 3 aromatic rings. The third-order valence-electron chi connectivity index (χ3n) is 5.06. The van der Waals surface area contributed by atoms with E-state index < -0.39 is 0 Å². The Labute approximate surface area is 171 Å². The first-order valence-electron chi connectivity index (χ1n) is 9.27. The number of para-hydroxylation sites is 1. The highest BCUT2D eigenvalue weighted by molar-refractivity contribution is 9.10. The molecular weight excluding hydrogens is 422 g/mol. The zero-order valence-corrected chi connectivity index (χ0v) is 16.8. The molecule has 0 atom stereocenters. The van der Waals surface area contributed by atoms with Crippen molar-refractivity contribution in [1.29, 1.82) is 0 Å². The Balaban J connectivity index is 1.29. The van der Waals surface area contributed by atoms with E-state index in [2.05, 4.69) is 26.2 Å². The van der Waals surface area contributed by atoms with Gasteiger partial charge >= 0.3 is 0 Å². The van der Waals surface area contributed by atoms with E-state index in [1.165, 1.54) is 0 Å². The van der Waals surface area contributed by atoms with Gasteiger partial charge in [-0.15, -0.1) is 0 Å². The van der Waals surface area contributed by atoms with Crippen LogP contribution in [0.25, 0.3) is 11.0 Å². The Bertz CT molecular complexity index is 976. The molecule has 6 nitrogen and oxygen atoms in total. The molecule has 1 aliphatic heterocycles. The second kappa shape index (κ2) is 8.14. The summed E-state index contributed by atoms with van der Waals surface area (Å²) in [4.78, 5) is 30.8. The molecular formula is C21H20BrN3O3. The third kappa shape index (κ3) is 4.09. The summed E-state index contributed by atoms with van der Waals surface area (Å²) in [7, 11) is 0. The van der Waals surface area contributed by atoms with Crippen molar-refractivity contribution < 1.29 is 14.0 Å². The summed E-state index contributed by atoms with van der Waals surface area (Å²) in [6.07, 6.45) is 4.90. The van der Waals surface area contributed by atoms with E-state index in [0.717, 1.165) is 28.3 Å². The fraction of sp³-hybridized carbons (Fsp3) is 0.286. The van der Waals surface area contributed by atoms with E-state index in [1.54, 1.807) is 24.5 Å². The largest absolute Gasteiger partial charge is 0.451 e. The number of furan rings is 1. The topological polar surface area (TPSA) is 75.4 Å². The van der Waals surface area contributed by atoms with Crippen molar-refractivity contribution in [2.75, 3.05) is 19.6 Å². The Morgan fingerprint density at radius 3 is 2.71 bits per heavy atom. The summed E-state index contributed by atoms with van der Waals surface area (Å²) in [5.41, 5.74) is 1.26. The number of aromatic nitrogens is 1. The van der Waals surface area contributed by atoms with E-state index in [4.69, 9.17) is 4.42 Å². The zero-order chi connectivity index (χ0) is 19.5. The first kappa shape index (κ1) is 18.7. The van der Waals surface area contributed by atoms with Crippen LogP contribution in [0.3, 0.4) is 0 Å². The number of likely N-dealkylation sites (tertiary alicyclic amines) is 1. The van der Waals surface area contributed by atoms with Gasteiger partial charge in [-0.25, -0.2) is 0 Å². The molecule has 0 unspecified atom stereocenters. The van der Waals surface area contributed by atoms with E-state index in [0.29, 0.717) is 36.9 Å². The molecule has 0 radical (unpaired) electrons. The van der Waals surface area contributed by atoms with Crippen LogP contribution >= 0.6 is 15.9 Å². The Morgan fingerprint density at radius 1 is 1.18 bits per heavy atom. The summed E-state index contributed by atoms with van der Waals surface area (Å²) < 4.78 is 6.47. The monoisotopic (exact) mass is 441 g/mol. The Hall–Kier alpha value is -2.67. The molecule has 0 bridgehead atoms. The van der Waals surface area contributed by atoms with E-state index in [-0.39, 0.29) is 11.8 Å². The van der Waals surface area contributed by atoms with Gasteiger partial charge in [-0.1, -0.05) is 18.2 Å². The maximum absolute atomic E-state index is 12.7. The van der Waals surface area contributed by atoms with Gasteiger partial charge in [0.15, 0.2) is 5.76 Å². The number of halogens is 1. The van der Waals surface area contributed by atoms with Crippen LogP contribution in [0.4, 0.5) is 0 Å². The van der Waals surface area contributed by atoms with Crippen LogP contribution in [0.5, 0.6) is 0 Å². The minimum absolute atomic E-state index is 0.0705. The van der Waals surface area contributed by atoms with Crippen molar-refractivity contribution in [3.63, 3.8) is 0 Å². The number of carbonyl (C=O) groups excluding carboxylic acids is 2. The number of hydrogen-bond acceptors (Lipinski definition) is 4. The molecule has 4 rings (SSSR count). The maximum atomic E-state index is 12.7. The molecule has 1 aromatic carbocycles. The Kier molecular flexibility index (Phi) is 5.43. The molecule has 28 heavy (non-hydrogen) atoms. The quantitative estimate of drug-likeness (QED) is 0.666. The molecule has 1 fully saturated rings. The smallest absolute Gasteiger partial charge is 0.289 e. The third-order valence-corrected chi connectivity index (χ3v) is 5.49. The molecule has 7 heteroatoms. The molecule has 0 saturated carbocycles. The number of fused-ring (bicyclic) bond motifs is 1. The van der Waals surface area contributed by atoms with Crippen LogP contribution in [0.15, 0.2) is 57.7 Å². The lowest BCUT2D eigenvalue weighted by atomic mass is 9.96. The van der Waals surface area contributed by atoms with Crippen molar-refractivity contribution in [1.82, 2.24) is 15.2 Å². The number of nitrogens with zero attached hydrogens (tertiary/aromatic N) is 2. The van der Waals surface area contributed by atoms with E-state index in [9.17, 15) is 9.59 Å². The van der Waals surface area contributed by atoms with Crippen LogP contribution < -0.4 is 5.32 Å². The maximum Gasteiger partial charge on any atom is 0.289 e. The van der Waals surface area contributed by atoms with Gasteiger partial charge in [-0.05, 0) is 52.9 Å². The molecule has 0 aliphatic carbocycles. The number of amides is 2. The number of piperidine rings is 1. The lowest BCUT2D eigenvalue weighted by Gasteiger charge is -2.31. The molecule has 144 valence electrons. The molecule has 1 aliphatic rings. The zero-order valence-electron chi connectivity index (χ0n) is 15.2. The molecule has 1 saturated heterocycles. The molecule has 1 N–H and O–H groups in total. The van der Waals surface area contributed by atoms with Gasteiger partial charge in [0.25, 0.3) is 11.8 Å². The average Bonchev–Trinajstić information content (AvgIpc) is 3.16. The van der Waals surface area contributed by atoms with Crippen molar-refractivity contribution in [3.05, 3.63) is 64.6 Å². The van der Waals surface area contributed by atoms with Crippen LogP contribution in [0, 0.1) is 5.92 Å². The standard InChI is InChI=1S/C21H20BrN3O3/c22-17-9-16(12-23-13-17)20(26)24-11-14-5-7-25(8-6-14)21(27)19-10-15-3-1-2-4-18(15)28-19/h1-4,9-10,12-14H,5-8,11H2,(H,24,26). The molecule has 3 heterocycles. The fourth-order valence-corrected chi connectivity index (χ4v) is 3.82. The van der Waals surface area contributed by atoms with Gasteiger partial charge in [0, 0.05) is 41.9 Å². The van der Waals surface area contributed by atoms with Gasteiger partial charge in [-0.2, -0.15) is 0 Å². The number of rotatable bonds is 4. The highest BCUT2D eigenvalue weighted by atomic mass is 79.9. The van der Waals surface area contributed by atoms with Gasteiger partial charge in [0.1, 0.15) is 5.58 Å². The minimum atomic E-state index is -0.130. The SMILES string of the molecule is O=C(NCC1CCN(C(=O)c2cc3ccccc3o2)CC1)c1cncc(Br)c1. The van der Waals surface area contributed by atoms with Crippen molar-refractivity contribution in [3.8, 4) is 0 Å². The summed E-state index contributed by atoms with van der Waals surface area (Å²) in [6.45, 7) is 1.92. The van der Waals surface area contributed by atoms with Crippen LogP contribution in [-0.2, 0) is 0 Å². The highest BCUT2D eigenvalue weighted by Crippen LogP contribution is 2.23. The summed E-state index contributed by atoms with van der Waals surface area (Å²) in [5.74, 6) is 0.535. The van der Waals surface area contributed by atoms with Gasteiger partial charge in [0.2, 0.25) is 0 Å². The normalized spacial score (nSPS) is 15.0. The second-order valence-corrected chi connectivity index (χ2v) is 7.90. The van der Waals surface area contributed by atoms with Crippen molar-refractivity contribution in [2.24, 2.45) is 5.92 Å². The number of benzene rings is 1. The Morgan fingerprint density at radius 2 is 1.96 bits per heavy atom. The van der Waals surface area contributed by atoms with Crippen LogP contribution in [-0.4, -0.2) is 41.3 Å². The summed E-state index contributed by atoms with van der Waals surface area (Å²) in [5, 5.41) is 3.90. The molecule has 2 amide bonds. The minimum Gasteiger partial charge on any atom is -0.451 e. The van der Waals surface area contributed by atoms with Gasteiger partial charge in [-0.3, -0.25) is 14.6 Å². The predicted molar refractivity (Wildman–Crippen MR) is 109 cm³/mol. The highest BCUT2D eigenvalue weighted by Gasteiger charge is 2.26. The molecule has 2 aromatic heterocycles. The summed E-state index contributed by atoms with van der Waals surface area (Å²) >= 11 is 3.32. The van der Waals surface area contributed by atoms with E-state index in [1.807, 2.05) is 29.2 Å². The average molecular weight is 442 g/mol. The van der Waals surface area contributed by atoms with Crippen molar-refractivity contribution >= 4 is 38.7 Å². The van der Waals surface area contributed by atoms with Gasteiger partial charge < -0.3 is 14.6 Å². The summed E-state index contributed by atoms with van der Waals surface area (Å²) in [6, 6.07) is 11.2. The van der Waals surface area contributed by atoms with Gasteiger partial charge in [0.05, 0.1) is 5.56 Å². The number of nitrogens with one attached hydrogen (secondary N) is 1. The van der Waals surface area contributed by atoms with E-state index >= 15 is 0 Å². The lowest BCUT2D eigenvalue weighted by molar-refractivity contribution is 0.0655. The number of pyridine rings is 1. The second-order valence-electron chi connectivity index (χ2n) is 6.99. The van der Waals surface area contributed by atoms with Crippen LogP contribution in [0.1, 0.15) is 33.8 Å². The molecule has 0 spiro atoms. The first-order chi connectivity index (χ1) is 13.6. The first-order valence-corrected chi connectivity index (χ1v) is 10.1. The lowest BCUT2D eigenvalue weighted by Crippen LogP contribution is -2.41. The van der Waals surface area contributed by atoms with Crippen molar-refractivity contribution in [2.45, 2.75) is 12.8 Å². The number of hydrogen-bond donors (Lipinski definition) is 1. The fourth-order valence-electron chi connectivity index (χ4n) is 3.46. The number of carbonyl (C=O) groups is 2. The predicted octanol–water partition coefficient (Wildman–Crippen LogP) is 3.87.